The first-order valence-electron chi connectivity index (χ1n) is 8.76. The van der Waals surface area contributed by atoms with Crippen LogP contribution in [-0.4, -0.2) is 37.3 Å². The summed E-state index contributed by atoms with van der Waals surface area (Å²) < 4.78 is 127. The zero-order chi connectivity index (χ0) is 26.1. The molecule has 16 heteroatoms. The van der Waals surface area contributed by atoms with Crippen LogP contribution in [0.2, 0.25) is 5.02 Å². The van der Waals surface area contributed by atoms with Crippen molar-refractivity contribution in [3.8, 4) is 11.5 Å². The van der Waals surface area contributed by atoms with Crippen LogP contribution in [0.3, 0.4) is 0 Å². The highest BCUT2D eigenvalue weighted by Gasteiger charge is 2.73. The number of nitrogens with one attached hydrogen (secondary N) is 1. The molecule has 0 amide bonds. The van der Waals surface area contributed by atoms with E-state index in [0.29, 0.717) is 0 Å². The summed E-state index contributed by atoms with van der Waals surface area (Å²) in [5.74, 6) is -2.68. The lowest BCUT2D eigenvalue weighted by Gasteiger charge is -2.31. The average Bonchev–Trinajstić information content (AvgIpc) is 2.72. The third-order valence-corrected chi connectivity index (χ3v) is 4.85. The van der Waals surface area contributed by atoms with E-state index >= 15 is 0 Å². The number of methoxy groups -OCH3 is 1. The van der Waals surface area contributed by atoms with E-state index in [1.807, 2.05) is 0 Å². The Bertz CT molecular complexity index is 1050. The Kier molecular flexibility index (Phi) is 9.28. The first kappa shape index (κ1) is 30.1. The number of ether oxygens (including phenoxy) is 2. The Morgan fingerprint density at radius 3 is 2.11 bits per heavy atom. The van der Waals surface area contributed by atoms with Crippen LogP contribution in [0.15, 0.2) is 30.3 Å². The van der Waals surface area contributed by atoms with Crippen molar-refractivity contribution in [2.45, 2.75) is 31.1 Å². The number of hydrogen-bond donors (Lipinski definition) is 1. The minimum atomic E-state index is -6.55. The van der Waals surface area contributed by atoms with E-state index in [1.165, 1.54) is 17.6 Å². The number of benzene rings is 2. The molecule has 0 radical (unpaired) electrons. The third-order valence-electron chi connectivity index (χ3n) is 4.52. The van der Waals surface area contributed by atoms with Gasteiger partial charge >= 0.3 is 24.6 Å². The van der Waals surface area contributed by atoms with Crippen LogP contribution < -0.4 is 15.0 Å². The van der Waals surface area contributed by atoms with E-state index in [9.17, 15) is 49.5 Å². The van der Waals surface area contributed by atoms with Gasteiger partial charge in [-0.2, -0.15) is 35.1 Å². The molecule has 0 saturated heterocycles. The van der Waals surface area contributed by atoms with Crippen LogP contribution >= 0.6 is 11.6 Å². The smallest absolute Gasteiger partial charge is 0.435 e. The van der Waals surface area contributed by atoms with Crippen LogP contribution in [0.25, 0.3) is 0 Å². The van der Waals surface area contributed by atoms with Crippen molar-refractivity contribution < 1.29 is 59.3 Å². The van der Waals surface area contributed by atoms with Gasteiger partial charge in [-0.25, -0.2) is 4.39 Å². The van der Waals surface area contributed by atoms with Gasteiger partial charge in [-0.3, -0.25) is 4.79 Å². The number of para-hydroxylation sites is 1. The number of alkyl halides is 9. The lowest BCUT2D eigenvalue weighted by molar-refractivity contribution is -0.348. The van der Waals surface area contributed by atoms with Crippen molar-refractivity contribution in [3.05, 3.63) is 57.3 Å². The van der Waals surface area contributed by atoms with Crippen LogP contribution in [0.4, 0.5) is 45.2 Å². The molecule has 0 saturated carbocycles. The fraction of sp³-hybridized carbons (Fsp3) is 0.316. The van der Waals surface area contributed by atoms with Crippen molar-refractivity contribution >= 4 is 23.1 Å². The third kappa shape index (κ3) is 5.85. The summed E-state index contributed by atoms with van der Waals surface area (Å²) in [7, 11) is 1.08. The maximum absolute atomic E-state index is 14.4. The lowest BCUT2D eigenvalue weighted by atomic mass is 9.91. The van der Waals surface area contributed by atoms with Gasteiger partial charge in [-0.05, 0) is 24.3 Å². The number of hydrogen-bond acceptors (Lipinski definition) is 5. The molecule has 0 unspecified atom stereocenters. The molecular weight excluding hydrogens is 529 g/mol. The largest absolute Gasteiger partial charge is 0.761 e. The topological polar surface area (TPSA) is 102 Å². The fourth-order valence-corrected chi connectivity index (χ4v) is 3.26. The van der Waals surface area contributed by atoms with Gasteiger partial charge in [0, 0.05) is 22.6 Å². The van der Waals surface area contributed by atoms with E-state index < -0.39 is 58.7 Å². The second-order valence-electron chi connectivity index (χ2n) is 6.56. The van der Waals surface area contributed by atoms with Gasteiger partial charge in [0.25, 0.3) is 0 Å². The van der Waals surface area contributed by atoms with E-state index in [1.54, 1.807) is 0 Å². The van der Waals surface area contributed by atoms with Gasteiger partial charge in [-0.15, -0.1) is 0 Å². The highest BCUT2D eigenvalue weighted by molar-refractivity contribution is 6.32. The molecule has 0 aliphatic heterocycles. The monoisotopic (exact) mass is 542 g/mol. The molecule has 0 atom stereocenters. The zero-order valence-corrected chi connectivity index (χ0v) is 17.8. The van der Waals surface area contributed by atoms with Crippen LogP contribution in [0.5, 0.6) is 11.5 Å². The first-order valence-corrected chi connectivity index (χ1v) is 9.14. The number of anilines is 1. The molecule has 196 valence electrons. The molecule has 0 heterocycles. The second-order valence-corrected chi connectivity index (χ2v) is 6.96. The summed E-state index contributed by atoms with van der Waals surface area (Å²) in [6.07, 6.45) is -14.1. The zero-order valence-electron chi connectivity index (χ0n) is 17.1. The maximum atomic E-state index is 14.4. The molecule has 35 heavy (non-hydrogen) atoms. The molecular formula is C19H14ClF9NO5-. The molecule has 0 spiro atoms. The number of rotatable bonds is 8. The van der Waals surface area contributed by atoms with Crippen molar-refractivity contribution in [1.29, 1.82) is 0 Å². The predicted octanol–water partition coefficient (Wildman–Crippen LogP) is 5.75. The molecule has 2 aromatic rings. The van der Waals surface area contributed by atoms with Gasteiger partial charge in [0.05, 0.1) is 18.4 Å². The van der Waals surface area contributed by atoms with Crippen LogP contribution in [0, 0.1) is 5.21 Å². The van der Waals surface area contributed by atoms with Crippen molar-refractivity contribution in [1.82, 2.24) is 0 Å². The van der Waals surface area contributed by atoms with Crippen molar-refractivity contribution in [2.24, 2.45) is 0 Å². The Morgan fingerprint density at radius 2 is 1.66 bits per heavy atom. The lowest BCUT2D eigenvalue weighted by Crippen LogP contribution is -2.50. The minimum Gasteiger partial charge on any atom is -0.761 e. The molecule has 0 fully saturated rings. The van der Waals surface area contributed by atoms with Crippen LogP contribution in [-0.2, 0) is 12.1 Å². The molecule has 0 aliphatic carbocycles. The molecule has 6 nitrogen and oxygen atoms in total. The molecule has 0 aliphatic rings. The summed E-state index contributed by atoms with van der Waals surface area (Å²) in [5.41, 5.74) is -7.97. The van der Waals surface area contributed by atoms with Gasteiger partial charge in [0.2, 0.25) is 0 Å². The Morgan fingerprint density at radius 1 is 1.09 bits per heavy atom. The van der Waals surface area contributed by atoms with E-state index in [4.69, 9.17) is 16.3 Å². The Labute approximate surface area is 195 Å². The fourth-order valence-electron chi connectivity index (χ4n) is 2.98. The van der Waals surface area contributed by atoms with Crippen LogP contribution in [0.1, 0.15) is 21.5 Å². The SMILES string of the molecule is COc1c(N[O-])cccc1C(=O)Cc1c(Cl)cc(C(F)(C(F)(F)F)C(F)(F)F)cc1OC(F)F.O. The van der Waals surface area contributed by atoms with E-state index in [-0.39, 0.29) is 34.6 Å². The van der Waals surface area contributed by atoms with Gasteiger partial charge < -0.3 is 25.6 Å². The van der Waals surface area contributed by atoms with Gasteiger partial charge in [0.15, 0.2) is 11.5 Å². The first-order chi connectivity index (χ1) is 15.6. The van der Waals surface area contributed by atoms with E-state index in [0.717, 1.165) is 13.2 Å². The maximum Gasteiger partial charge on any atom is 0.435 e. The minimum absolute atomic E-state index is 0. The summed E-state index contributed by atoms with van der Waals surface area (Å²) in [4.78, 5) is 12.7. The Hall–Kier alpha value is -2.91. The average molecular weight is 543 g/mol. The molecule has 2 rings (SSSR count). The van der Waals surface area contributed by atoms with E-state index in [2.05, 4.69) is 4.74 Å². The quantitative estimate of drug-likeness (QED) is 0.260. The number of carbonyl (C=O) groups excluding carboxylic acids is 1. The molecule has 3 N–H and O–H groups in total. The summed E-state index contributed by atoms with van der Waals surface area (Å²) in [6.45, 7) is -3.78. The number of halogens is 10. The predicted molar refractivity (Wildman–Crippen MR) is 105 cm³/mol. The standard InChI is InChI=1S/C19H12ClF9NO4.H2O/c1-33-15-9(3-2-4-12(15)30-32)13(31)7-10-11(20)5-8(6-14(10)34-16(21)22)17(23,18(24,25)26)19(27,28)29;/h2-6,16,30H,7H2,1H3;1H2/q-1;. The second kappa shape index (κ2) is 10.8. The Balaban J connectivity index is 0.00000612. The molecule has 0 bridgehead atoms. The molecule has 2 aromatic carbocycles. The van der Waals surface area contributed by atoms with Crippen molar-refractivity contribution in [2.75, 3.05) is 12.6 Å². The molecule has 0 aromatic heterocycles. The number of Topliss-reactive ketones (excluding diaryl/α,β-unsaturated/α-hetero) is 1. The van der Waals surface area contributed by atoms with Gasteiger partial charge in [-0.1, -0.05) is 17.7 Å². The number of ketones is 1. The summed E-state index contributed by atoms with van der Waals surface area (Å²) >= 11 is 5.72. The normalized spacial score (nSPS) is 12.3. The van der Waals surface area contributed by atoms with Crippen molar-refractivity contribution in [3.63, 3.8) is 0 Å². The summed E-state index contributed by atoms with van der Waals surface area (Å²) in [5, 5.41) is 9.89. The highest BCUT2D eigenvalue weighted by atomic mass is 35.5. The highest BCUT2D eigenvalue weighted by Crippen LogP contribution is 2.54. The number of carbonyl (C=O) groups is 1. The van der Waals surface area contributed by atoms with Gasteiger partial charge in [0.1, 0.15) is 5.75 Å². The summed E-state index contributed by atoms with van der Waals surface area (Å²) in [6, 6.07) is 3.23.